The lowest BCUT2D eigenvalue weighted by atomic mass is 9.99. The number of pyridine rings is 1. The predicted molar refractivity (Wildman–Crippen MR) is 56.1 cm³/mol. The average molecular weight is 221 g/mol. The quantitative estimate of drug-likeness (QED) is 0.730. The Morgan fingerprint density at radius 2 is 2.19 bits per heavy atom. The number of halogens is 2. The second-order valence-electron chi connectivity index (χ2n) is 3.58. The van der Waals surface area contributed by atoms with E-state index in [0.29, 0.717) is 6.29 Å². The molecule has 2 nitrogen and oxygen atoms in total. The van der Waals surface area contributed by atoms with Crippen molar-refractivity contribution in [3.8, 4) is 0 Å². The van der Waals surface area contributed by atoms with E-state index >= 15 is 0 Å². The van der Waals surface area contributed by atoms with E-state index < -0.39 is 17.6 Å². The maximum absolute atomic E-state index is 13.9. The lowest BCUT2D eigenvalue weighted by Crippen LogP contribution is -2.03. The number of hydrogen-bond acceptors (Lipinski definition) is 2. The van der Waals surface area contributed by atoms with Crippen molar-refractivity contribution in [2.45, 2.75) is 12.8 Å². The van der Waals surface area contributed by atoms with Gasteiger partial charge in [-0.2, -0.15) is 0 Å². The van der Waals surface area contributed by atoms with E-state index in [4.69, 9.17) is 0 Å². The van der Waals surface area contributed by atoms with Gasteiger partial charge in [0.05, 0.1) is 5.52 Å². The van der Waals surface area contributed by atoms with Crippen LogP contribution in [-0.2, 0) is 4.79 Å². The van der Waals surface area contributed by atoms with Crippen LogP contribution in [0.4, 0.5) is 8.78 Å². The number of benzene rings is 1. The molecule has 0 aliphatic heterocycles. The van der Waals surface area contributed by atoms with Gasteiger partial charge in [0.2, 0.25) is 0 Å². The van der Waals surface area contributed by atoms with Crippen LogP contribution in [0.5, 0.6) is 0 Å². The van der Waals surface area contributed by atoms with Crippen LogP contribution in [-0.4, -0.2) is 11.3 Å². The zero-order valence-corrected chi connectivity index (χ0v) is 8.58. The Bertz CT molecular complexity index is 554. The third-order valence-corrected chi connectivity index (χ3v) is 2.49. The van der Waals surface area contributed by atoms with E-state index in [-0.39, 0.29) is 16.5 Å². The summed E-state index contributed by atoms with van der Waals surface area (Å²) in [5.74, 6) is -2.24. The Balaban J connectivity index is 2.80. The molecule has 82 valence electrons. The smallest absolute Gasteiger partial charge is 0.139 e. The Hall–Kier alpha value is -1.84. The van der Waals surface area contributed by atoms with Gasteiger partial charge < -0.3 is 4.79 Å². The largest absolute Gasteiger partial charge is 0.303 e. The Labute approximate surface area is 90.9 Å². The summed E-state index contributed by atoms with van der Waals surface area (Å²) in [5.41, 5.74) is 0.0508. The van der Waals surface area contributed by atoms with Crippen molar-refractivity contribution in [1.82, 2.24) is 4.98 Å². The highest BCUT2D eigenvalue weighted by molar-refractivity contribution is 5.81. The number of rotatable bonds is 2. The third kappa shape index (κ3) is 1.56. The molecular weight excluding hydrogens is 212 g/mol. The molecule has 1 aromatic carbocycles. The van der Waals surface area contributed by atoms with Crippen LogP contribution in [0.1, 0.15) is 18.4 Å². The predicted octanol–water partition coefficient (Wildman–Crippen LogP) is 2.82. The monoisotopic (exact) mass is 221 g/mol. The van der Waals surface area contributed by atoms with Crippen molar-refractivity contribution in [3.63, 3.8) is 0 Å². The number of nitrogens with zero attached hydrogens (tertiary/aromatic N) is 1. The Morgan fingerprint density at radius 3 is 2.88 bits per heavy atom. The summed E-state index contributed by atoms with van der Waals surface area (Å²) in [6, 6.07) is 4.23. The van der Waals surface area contributed by atoms with Gasteiger partial charge in [-0.25, -0.2) is 8.78 Å². The van der Waals surface area contributed by atoms with Gasteiger partial charge in [-0.05, 0) is 12.1 Å². The summed E-state index contributed by atoms with van der Waals surface area (Å²) in [6.45, 7) is 1.46. The van der Waals surface area contributed by atoms with Crippen LogP contribution in [0.2, 0.25) is 0 Å². The summed E-state index contributed by atoms with van der Waals surface area (Å²) >= 11 is 0. The molecule has 2 aromatic rings. The lowest BCUT2D eigenvalue weighted by molar-refractivity contribution is -0.108. The second-order valence-corrected chi connectivity index (χ2v) is 3.58. The average Bonchev–Trinajstić information content (AvgIpc) is 2.28. The van der Waals surface area contributed by atoms with E-state index in [2.05, 4.69) is 4.98 Å². The minimum Gasteiger partial charge on any atom is -0.303 e. The van der Waals surface area contributed by atoms with E-state index in [9.17, 15) is 13.6 Å². The van der Waals surface area contributed by atoms with Gasteiger partial charge in [0.15, 0.2) is 0 Å². The number of aromatic nitrogens is 1. The summed E-state index contributed by atoms with van der Waals surface area (Å²) < 4.78 is 27.5. The van der Waals surface area contributed by atoms with Crippen LogP contribution in [0, 0.1) is 11.6 Å². The van der Waals surface area contributed by atoms with Gasteiger partial charge in [-0.1, -0.05) is 6.92 Å². The Kier molecular flexibility index (Phi) is 2.64. The Morgan fingerprint density at radius 1 is 1.44 bits per heavy atom. The minimum atomic E-state index is -0.801. The molecule has 4 heteroatoms. The molecule has 0 aliphatic carbocycles. The molecule has 0 fully saturated rings. The first kappa shape index (κ1) is 10.7. The molecule has 0 saturated heterocycles. The topological polar surface area (TPSA) is 30.0 Å². The van der Waals surface area contributed by atoms with Gasteiger partial charge >= 0.3 is 0 Å². The zero-order valence-electron chi connectivity index (χ0n) is 8.58. The highest BCUT2D eigenvalue weighted by Gasteiger charge is 2.18. The molecule has 0 spiro atoms. The summed E-state index contributed by atoms with van der Waals surface area (Å²) in [6.07, 6.45) is 1.98. The van der Waals surface area contributed by atoms with Crippen LogP contribution < -0.4 is 0 Å². The van der Waals surface area contributed by atoms with Crippen LogP contribution in [0.25, 0.3) is 10.9 Å². The first-order valence-corrected chi connectivity index (χ1v) is 4.83. The standard InChI is InChI=1S/C12H9F2NO/c1-7(6-16)11-9(13)5-10-8(12(11)14)3-2-4-15-10/h2-7H,1H3. The number of hydrogen-bond donors (Lipinski definition) is 0. The van der Waals surface area contributed by atoms with Crippen molar-refractivity contribution >= 4 is 17.2 Å². The molecule has 1 aromatic heterocycles. The molecule has 0 aliphatic rings. The lowest BCUT2D eigenvalue weighted by Gasteiger charge is -2.09. The molecule has 0 N–H and O–H groups in total. The molecule has 0 bridgehead atoms. The fourth-order valence-electron chi connectivity index (χ4n) is 1.65. The molecule has 1 unspecified atom stereocenters. The van der Waals surface area contributed by atoms with Crippen molar-refractivity contribution in [2.75, 3.05) is 0 Å². The van der Waals surface area contributed by atoms with E-state index in [0.717, 1.165) is 6.07 Å². The molecule has 1 atom stereocenters. The minimum absolute atomic E-state index is 0.199. The number of fused-ring (bicyclic) bond motifs is 1. The summed E-state index contributed by atoms with van der Waals surface area (Å²) in [5, 5.41) is 0.229. The van der Waals surface area contributed by atoms with Gasteiger partial charge in [-0.15, -0.1) is 0 Å². The molecule has 16 heavy (non-hydrogen) atoms. The fraction of sp³-hybridized carbons (Fsp3) is 0.167. The van der Waals surface area contributed by atoms with Crippen LogP contribution in [0.15, 0.2) is 24.4 Å². The van der Waals surface area contributed by atoms with Gasteiger partial charge in [-0.3, -0.25) is 4.98 Å². The molecule has 1 heterocycles. The molecular formula is C12H9F2NO. The SMILES string of the molecule is CC(C=O)c1c(F)cc2ncccc2c1F. The summed E-state index contributed by atoms with van der Waals surface area (Å²) in [7, 11) is 0. The van der Waals surface area contributed by atoms with E-state index in [1.54, 1.807) is 6.07 Å². The maximum atomic E-state index is 13.9. The maximum Gasteiger partial charge on any atom is 0.139 e. The summed E-state index contributed by atoms with van der Waals surface area (Å²) in [4.78, 5) is 14.5. The first-order chi connectivity index (χ1) is 7.65. The number of carbonyl (C=O) groups is 1. The highest BCUT2D eigenvalue weighted by Crippen LogP contribution is 2.27. The van der Waals surface area contributed by atoms with Gasteiger partial charge in [0.1, 0.15) is 17.9 Å². The van der Waals surface area contributed by atoms with Crippen molar-refractivity contribution in [2.24, 2.45) is 0 Å². The highest BCUT2D eigenvalue weighted by atomic mass is 19.1. The number of carbonyl (C=O) groups excluding carboxylic acids is 1. The molecule has 2 rings (SSSR count). The van der Waals surface area contributed by atoms with E-state index in [1.807, 2.05) is 0 Å². The molecule has 0 amide bonds. The van der Waals surface area contributed by atoms with Gasteiger partial charge in [0.25, 0.3) is 0 Å². The normalized spacial score (nSPS) is 12.7. The van der Waals surface area contributed by atoms with Crippen LogP contribution in [0.3, 0.4) is 0 Å². The number of aldehydes is 1. The van der Waals surface area contributed by atoms with Crippen molar-refractivity contribution in [3.05, 3.63) is 41.6 Å². The first-order valence-electron chi connectivity index (χ1n) is 4.83. The molecule has 0 radical (unpaired) electrons. The van der Waals surface area contributed by atoms with Gasteiger partial charge in [0, 0.05) is 29.1 Å². The van der Waals surface area contributed by atoms with E-state index in [1.165, 1.54) is 19.2 Å². The molecule has 0 saturated carbocycles. The third-order valence-electron chi connectivity index (χ3n) is 2.49. The van der Waals surface area contributed by atoms with Crippen molar-refractivity contribution < 1.29 is 13.6 Å². The zero-order chi connectivity index (χ0) is 11.7. The second kappa shape index (κ2) is 3.96. The van der Waals surface area contributed by atoms with Crippen LogP contribution >= 0.6 is 0 Å². The van der Waals surface area contributed by atoms with Crippen molar-refractivity contribution in [1.29, 1.82) is 0 Å². The fourth-order valence-corrected chi connectivity index (χ4v) is 1.65.